The van der Waals surface area contributed by atoms with Crippen LogP contribution in [-0.2, 0) is 24.3 Å². The highest BCUT2D eigenvalue weighted by Gasteiger charge is 2.29. The Morgan fingerprint density at radius 3 is 2.17 bits per heavy atom. The molecule has 0 aliphatic rings. The summed E-state index contributed by atoms with van der Waals surface area (Å²) < 4.78 is 36.4. The lowest BCUT2D eigenvalue weighted by Crippen LogP contribution is -2.43. The predicted octanol–water partition coefficient (Wildman–Crippen LogP) is 1.16. The van der Waals surface area contributed by atoms with Crippen LogP contribution in [0.5, 0.6) is 5.75 Å². The maximum absolute atomic E-state index is 12.2. The summed E-state index contributed by atoms with van der Waals surface area (Å²) in [6.45, 7) is 4.88. The molecule has 24 heavy (non-hydrogen) atoms. The first kappa shape index (κ1) is 19.9. The molecule has 8 nitrogen and oxygen atoms in total. The zero-order chi connectivity index (χ0) is 18.5. The molecule has 9 heteroatoms. The number of hydrogen-bond acceptors (Lipinski definition) is 6. The average Bonchev–Trinajstić information content (AvgIpc) is 2.44. The van der Waals surface area contributed by atoms with Gasteiger partial charge in [0.25, 0.3) is 0 Å². The molecule has 0 bridgehead atoms. The molecular weight excluding hydrogens is 338 g/mol. The van der Waals surface area contributed by atoms with E-state index in [1.807, 2.05) is 4.72 Å². The van der Waals surface area contributed by atoms with E-state index in [2.05, 4.69) is 0 Å². The van der Waals surface area contributed by atoms with Crippen LogP contribution in [0.15, 0.2) is 29.2 Å². The van der Waals surface area contributed by atoms with Gasteiger partial charge in [0.15, 0.2) is 0 Å². The Balaban J connectivity index is 2.90. The fourth-order valence-electron chi connectivity index (χ4n) is 1.74. The van der Waals surface area contributed by atoms with E-state index >= 15 is 0 Å². The summed E-state index contributed by atoms with van der Waals surface area (Å²) in [5, 5.41) is 9.16. The highest BCUT2D eigenvalue weighted by Crippen LogP contribution is 2.16. The van der Waals surface area contributed by atoms with Crippen LogP contribution in [0, 0.1) is 0 Å². The number of nitrogens with one attached hydrogen (secondary N) is 1. The SMILES string of the molecule is COc1ccc(S(=O)(=O)N[C@@H](CC(=O)OC(C)(C)C)C(=O)O)cc1. The van der Waals surface area contributed by atoms with Crippen molar-refractivity contribution in [2.24, 2.45) is 0 Å². The van der Waals surface area contributed by atoms with Crippen molar-refractivity contribution in [1.82, 2.24) is 4.72 Å². The molecular formula is C15H21NO7S. The second-order valence-corrected chi connectivity index (χ2v) is 7.69. The Labute approximate surface area is 140 Å². The summed E-state index contributed by atoms with van der Waals surface area (Å²) >= 11 is 0. The van der Waals surface area contributed by atoms with E-state index in [-0.39, 0.29) is 4.90 Å². The zero-order valence-corrected chi connectivity index (χ0v) is 14.7. The number of methoxy groups -OCH3 is 1. The highest BCUT2D eigenvalue weighted by atomic mass is 32.2. The smallest absolute Gasteiger partial charge is 0.322 e. The van der Waals surface area contributed by atoms with Gasteiger partial charge in [0.05, 0.1) is 18.4 Å². The third-order valence-corrected chi connectivity index (χ3v) is 4.24. The Kier molecular flexibility index (Phi) is 6.33. The first-order chi connectivity index (χ1) is 10.9. The fourth-order valence-corrected chi connectivity index (χ4v) is 2.93. The first-order valence-electron chi connectivity index (χ1n) is 7.05. The van der Waals surface area contributed by atoms with E-state index in [0.29, 0.717) is 5.75 Å². The number of benzene rings is 1. The summed E-state index contributed by atoms with van der Waals surface area (Å²) in [5.41, 5.74) is -0.797. The number of hydrogen-bond donors (Lipinski definition) is 2. The van der Waals surface area contributed by atoms with E-state index in [1.165, 1.54) is 31.4 Å². The molecule has 1 aromatic carbocycles. The topological polar surface area (TPSA) is 119 Å². The van der Waals surface area contributed by atoms with Crippen molar-refractivity contribution >= 4 is 22.0 Å². The second-order valence-electron chi connectivity index (χ2n) is 5.98. The number of carbonyl (C=O) groups excluding carboxylic acids is 1. The quantitative estimate of drug-likeness (QED) is 0.701. The van der Waals surface area contributed by atoms with Crippen LogP contribution in [0.1, 0.15) is 27.2 Å². The number of carbonyl (C=O) groups is 2. The van der Waals surface area contributed by atoms with Gasteiger partial charge in [0.2, 0.25) is 10.0 Å². The number of esters is 1. The molecule has 0 aliphatic carbocycles. The van der Waals surface area contributed by atoms with Gasteiger partial charge in [-0.1, -0.05) is 0 Å². The van der Waals surface area contributed by atoms with Gasteiger partial charge in [-0.2, -0.15) is 4.72 Å². The molecule has 1 aromatic rings. The Morgan fingerprint density at radius 2 is 1.75 bits per heavy atom. The summed E-state index contributed by atoms with van der Waals surface area (Å²) in [4.78, 5) is 22.9. The first-order valence-corrected chi connectivity index (χ1v) is 8.54. The normalized spacial score (nSPS) is 13.2. The molecule has 0 aromatic heterocycles. The number of aliphatic carboxylic acids is 1. The minimum Gasteiger partial charge on any atom is -0.497 e. The second kappa shape index (κ2) is 7.63. The van der Waals surface area contributed by atoms with Crippen molar-refractivity contribution in [3.8, 4) is 5.75 Å². The van der Waals surface area contributed by atoms with Crippen LogP contribution in [0.2, 0.25) is 0 Å². The lowest BCUT2D eigenvalue weighted by Gasteiger charge is -2.21. The van der Waals surface area contributed by atoms with Crippen LogP contribution in [0.4, 0.5) is 0 Å². The third kappa shape index (κ3) is 6.17. The number of sulfonamides is 1. The Hall–Kier alpha value is -2.13. The zero-order valence-electron chi connectivity index (χ0n) is 13.9. The number of ether oxygens (including phenoxy) is 2. The number of carboxylic acids is 1. The molecule has 0 fully saturated rings. The molecule has 0 saturated heterocycles. The van der Waals surface area contributed by atoms with Gasteiger partial charge >= 0.3 is 11.9 Å². The van der Waals surface area contributed by atoms with Crippen molar-refractivity contribution in [3.63, 3.8) is 0 Å². The summed E-state index contributed by atoms with van der Waals surface area (Å²) in [6.07, 6.45) is -0.623. The molecule has 1 atom stereocenters. The average molecular weight is 359 g/mol. The molecule has 0 unspecified atom stereocenters. The molecule has 0 amide bonds. The number of rotatable bonds is 7. The van der Waals surface area contributed by atoms with E-state index < -0.39 is 40.0 Å². The minimum absolute atomic E-state index is 0.140. The van der Waals surface area contributed by atoms with Crippen molar-refractivity contribution in [1.29, 1.82) is 0 Å². The van der Waals surface area contributed by atoms with Gasteiger partial charge in [0.1, 0.15) is 17.4 Å². The molecule has 134 valence electrons. The Bertz CT molecular complexity index is 690. The highest BCUT2D eigenvalue weighted by molar-refractivity contribution is 7.89. The van der Waals surface area contributed by atoms with Crippen LogP contribution >= 0.6 is 0 Å². The molecule has 1 rings (SSSR count). The molecule has 0 spiro atoms. The summed E-state index contributed by atoms with van der Waals surface area (Å²) in [5.74, 6) is -1.83. The van der Waals surface area contributed by atoms with Crippen LogP contribution in [0.3, 0.4) is 0 Å². The van der Waals surface area contributed by atoms with Gasteiger partial charge in [-0.25, -0.2) is 8.42 Å². The van der Waals surface area contributed by atoms with Crippen LogP contribution < -0.4 is 9.46 Å². The van der Waals surface area contributed by atoms with Crippen molar-refractivity contribution in [2.75, 3.05) is 7.11 Å². The van der Waals surface area contributed by atoms with Crippen LogP contribution in [0.25, 0.3) is 0 Å². The van der Waals surface area contributed by atoms with Crippen LogP contribution in [-0.4, -0.2) is 44.2 Å². The standard InChI is InChI=1S/C15H21NO7S/c1-15(2,3)23-13(17)9-12(14(18)19)16-24(20,21)11-7-5-10(22-4)6-8-11/h5-8,12,16H,9H2,1-4H3,(H,18,19)/t12-/m0/s1. The Morgan fingerprint density at radius 1 is 1.21 bits per heavy atom. The molecule has 2 N–H and O–H groups in total. The lowest BCUT2D eigenvalue weighted by atomic mass is 10.2. The van der Waals surface area contributed by atoms with E-state index in [9.17, 15) is 18.0 Å². The minimum atomic E-state index is -4.11. The summed E-state index contributed by atoms with van der Waals surface area (Å²) in [7, 11) is -2.68. The maximum Gasteiger partial charge on any atom is 0.322 e. The number of carboxylic acid groups (broad SMARTS) is 1. The molecule has 0 saturated carbocycles. The lowest BCUT2D eigenvalue weighted by molar-refractivity contribution is -0.158. The van der Waals surface area contributed by atoms with Crippen molar-refractivity contribution < 1.29 is 32.6 Å². The van der Waals surface area contributed by atoms with Gasteiger partial charge in [0, 0.05) is 0 Å². The van der Waals surface area contributed by atoms with E-state index in [0.717, 1.165) is 0 Å². The molecule has 0 radical (unpaired) electrons. The van der Waals surface area contributed by atoms with Crippen molar-refractivity contribution in [2.45, 2.75) is 43.7 Å². The van der Waals surface area contributed by atoms with E-state index in [4.69, 9.17) is 14.6 Å². The fraction of sp³-hybridized carbons (Fsp3) is 0.467. The largest absolute Gasteiger partial charge is 0.497 e. The monoisotopic (exact) mass is 359 g/mol. The summed E-state index contributed by atoms with van der Waals surface area (Å²) in [6, 6.07) is 3.77. The molecule has 0 heterocycles. The van der Waals surface area contributed by atoms with Gasteiger partial charge in [-0.3, -0.25) is 9.59 Å². The van der Waals surface area contributed by atoms with E-state index in [1.54, 1.807) is 20.8 Å². The van der Waals surface area contributed by atoms with Gasteiger partial charge < -0.3 is 14.6 Å². The third-order valence-electron chi connectivity index (χ3n) is 2.76. The molecule has 0 aliphatic heterocycles. The maximum atomic E-state index is 12.2. The van der Waals surface area contributed by atoms with Gasteiger partial charge in [-0.15, -0.1) is 0 Å². The van der Waals surface area contributed by atoms with Crippen molar-refractivity contribution in [3.05, 3.63) is 24.3 Å². The predicted molar refractivity (Wildman–Crippen MR) is 85.2 cm³/mol. The van der Waals surface area contributed by atoms with Gasteiger partial charge in [-0.05, 0) is 45.0 Å².